The Labute approximate surface area is 177 Å². The molecule has 0 spiro atoms. The molecular weight excluding hydrogens is 378 g/mol. The number of guanidine groups is 1. The summed E-state index contributed by atoms with van der Waals surface area (Å²) in [5, 5.41) is 9.68. The van der Waals surface area contributed by atoms with Crippen molar-refractivity contribution < 1.29 is 9.53 Å². The molecule has 7 heteroatoms. The highest BCUT2D eigenvalue weighted by molar-refractivity contribution is 5.94. The summed E-state index contributed by atoms with van der Waals surface area (Å²) >= 11 is 0. The number of para-hydroxylation sites is 1. The Kier molecular flexibility index (Phi) is 6.49. The maximum absolute atomic E-state index is 12.0. The van der Waals surface area contributed by atoms with Gasteiger partial charge in [-0.1, -0.05) is 30.3 Å². The number of ether oxygens (including phenoxy) is 1. The summed E-state index contributed by atoms with van der Waals surface area (Å²) in [4.78, 5) is 18.7. The molecule has 0 aromatic heterocycles. The van der Waals surface area contributed by atoms with E-state index in [-0.39, 0.29) is 11.8 Å². The molecule has 1 unspecified atom stereocenters. The predicted octanol–water partition coefficient (Wildman–Crippen LogP) is 2.31. The molecule has 0 saturated carbocycles. The summed E-state index contributed by atoms with van der Waals surface area (Å²) in [6, 6.07) is 16.6. The Morgan fingerprint density at radius 3 is 2.67 bits per heavy atom. The summed E-state index contributed by atoms with van der Waals surface area (Å²) in [7, 11) is 1.76. The van der Waals surface area contributed by atoms with Gasteiger partial charge >= 0.3 is 0 Å². The average molecular weight is 408 g/mol. The number of carbonyl (C=O) groups excluding carboxylic acids is 1. The van der Waals surface area contributed by atoms with Crippen LogP contribution in [0.2, 0.25) is 0 Å². The van der Waals surface area contributed by atoms with Crippen LogP contribution >= 0.6 is 0 Å². The zero-order valence-corrected chi connectivity index (χ0v) is 17.4. The number of nitrogens with one attached hydrogen (secondary N) is 3. The SMILES string of the molecule is CN=C(NCc1ccc(N2CCOCC2)cc1)NCC1CC(=O)Nc2ccccc21. The van der Waals surface area contributed by atoms with E-state index in [1.165, 1.54) is 16.8 Å². The average Bonchev–Trinajstić information content (AvgIpc) is 2.80. The van der Waals surface area contributed by atoms with Gasteiger partial charge in [-0.3, -0.25) is 9.79 Å². The van der Waals surface area contributed by atoms with Gasteiger partial charge < -0.3 is 25.6 Å². The standard InChI is InChI=1S/C23H29N5O2/c1-24-23(26-16-18-14-22(29)27-21-5-3-2-4-20(18)21)25-15-17-6-8-19(9-7-17)28-10-12-30-13-11-28/h2-9,18H,10-16H2,1H3,(H,27,29)(H2,24,25,26). The molecular formula is C23H29N5O2. The third-order valence-corrected chi connectivity index (χ3v) is 5.62. The Hall–Kier alpha value is -3.06. The van der Waals surface area contributed by atoms with Crippen LogP contribution in [0.3, 0.4) is 0 Å². The van der Waals surface area contributed by atoms with Crippen molar-refractivity contribution in [3.63, 3.8) is 0 Å². The quantitative estimate of drug-likeness (QED) is 0.524. The van der Waals surface area contributed by atoms with Crippen LogP contribution in [0.4, 0.5) is 11.4 Å². The Morgan fingerprint density at radius 2 is 1.90 bits per heavy atom. The third kappa shape index (κ3) is 4.91. The summed E-state index contributed by atoms with van der Waals surface area (Å²) < 4.78 is 5.42. The number of nitrogens with zero attached hydrogens (tertiary/aromatic N) is 2. The molecule has 30 heavy (non-hydrogen) atoms. The van der Waals surface area contributed by atoms with Crippen molar-refractivity contribution in [3.05, 3.63) is 59.7 Å². The fourth-order valence-corrected chi connectivity index (χ4v) is 3.96. The second-order valence-corrected chi connectivity index (χ2v) is 7.61. The minimum absolute atomic E-state index is 0.0591. The first-order valence-corrected chi connectivity index (χ1v) is 10.5. The van der Waals surface area contributed by atoms with Crippen molar-refractivity contribution in [2.24, 2.45) is 4.99 Å². The van der Waals surface area contributed by atoms with E-state index in [0.29, 0.717) is 19.5 Å². The first kappa shape index (κ1) is 20.2. The van der Waals surface area contributed by atoms with Crippen LogP contribution < -0.4 is 20.9 Å². The van der Waals surface area contributed by atoms with Gasteiger partial charge in [-0.15, -0.1) is 0 Å². The van der Waals surface area contributed by atoms with E-state index in [9.17, 15) is 4.79 Å². The number of hydrogen-bond donors (Lipinski definition) is 3. The number of anilines is 2. The van der Waals surface area contributed by atoms with Crippen molar-refractivity contribution in [1.82, 2.24) is 10.6 Å². The summed E-state index contributed by atoms with van der Waals surface area (Å²) in [5.41, 5.74) is 4.50. The van der Waals surface area contributed by atoms with Gasteiger partial charge in [0.2, 0.25) is 5.91 Å². The lowest BCUT2D eigenvalue weighted by Gasteiger charge is -2.29. The van der Waals surface area contributed by atoms with Gasteiger partial charge in [0.15, 0.2) is 5.96 Å². The minimum atomic E-state index is 0.0591. The maximum Gasteiger partial charge on any atom is 0.225 e. The first-order valence-electron chi connectivity index (χ1n) is 10.5. The maximum atomic E-state index is 12.0. The number of fused-ring (bicyclic) bond motifs is 1. The van der Waals surface area contributed by atoms with Gasteiger partial charge in [-0.25, -0.2) is 0 Å². The smallest absolute Gasteiger partial charge is 0.225 e. The van der Waals surface area contributed by atoms with Gasteiger partial charge in [0, 0.05) is 56.9 Å². The molecule has 3 N–H and O–H groups in total. The topological polar surface area (TPSA) is 78.0 Å². The van der Waals surface area contributed by atoms with Crippen molar-refractivity contribution in [1.29, 1.82) is 0 Å². The fourth-order valence-electron chi connectivity index (χ4n) is 3.96. The van der Waals surface area contributed by atoms with E-state index in [4.69, 9.17) is 4.74 Å². The molecule has 7 nitrogen and oxygen atoms in total. The van der Waals surface area contributed by atoms with Gasteiger partial charge in [0.1, 0.15) is 0 Å². The number of amides is 1. The van der Waals surface area contributed by atoms with Crippen LogP contribution in [-0.4, -0.2) is 51.8 Å². The van der Waals surface area contributed by atoms with E-state index in [0.717, 1.165) is 38.0 Å². The Bertz CT molecular complexity index is 891. The van der Waals surface area contributed by atoms with Gasteiger partial charge in [-0.2, -0.15) is 0 Å². The molecule has 2 aliphatic rings. The predicted molar refractivity (Wildman–Crippen MR) is 120 cm³/mol. The van der Waals surface area contributed by atoms with E-state index in [1.54, 1.807) is 7.05 Å². The van der Waals surface area contributed by atoms with E-state index in [2.05, 4.69) is 56.2 Å². The molecule has 1 saturated heterocycles. The molecule has 0 bridgehead atoms. The van der Waals surface area contributed by atoms with Gasteiger partial charge in [-0.05, 0) is 29.3 Å². The molecule has 1 atom stereocenters. The highest BCUT2D eigenvalue weighted by Gasteiger charge is 2.24. The van der Waals surface area contributed by atoms with Gasteiger partial charge in [0.25, 0.3) is 0 Å². The zero-order chi connectivity index (χ0) is 20.8. The lowest BCUT2D eigenvalue weighted by Crippen LogP contribution is -2.40. The van der Waals surface area contributed by atoms with Crippen LogP contribution in [0, 0.1) is 0 Å². The third-order valence-electron chi connectivity index (χ3n) is 5.62. The lowest BCUT2D eigenvalue weighted by atomic mass is 9.90. The van der Waals surface area contributed by atoms with Crippen molar-refractivity contribution in [3.8, 4) is 0 Å². The molecule has 4 rings (SSSR count). The Morgan fingerprint density at radius 1 is 1.13 bits per heavy atom. The first-order chi connectivity index (χ1) is 14.7. The van der Waals surface area contributed by atoms with E-state index in [1.807, 2.05) is 18.2 Å². The largest absolute Gasteiger partial charge is 0.378 e. The number of aliphatic imine (C=N–C) groups is 1. The van der Waals surface area contributed by atoms with Crippen LogP contribution in [0.15, 0.2) is 53.5 Å². The highest BCUT2D eigenvalue weighted by atomic mass is 16.5. The number of rotatable bonds is 5. The number of morpholine rings is 1. The summed E-state index contributed by atoms with van der Waals surface area (Å²) in [6.07, 6.45) is 0.476. The van der Waals surface area contributed by atoms with Crippen LogP contribution in [-0.2, 0) is 16.1 Å². The molecule has 1 amide bonds. The molecule has 2 heterocycles. The number of benzene rings is 2. The summed E-state index contributed by atoms with van der Waals surface area (Å²) in [6.45, 7) is 4.80. The summed E-state index contributed by atoms with van der Waals surface area (Å²) in [5.74, 6) is 0.917. The molecule has 0 aliphatic carbocycles. The van der Waals surface area contributed by atoms with Gasteiger partial charge in [0.05, 0.1) is 13.2 Å². The molecule has 2 aromatic carbocycles. The Balaban J connectivity index is 1.30. The normalized spacial score (nSPS) is 19.1. The monoisotopic (exact) mass is 407 g/mol. The van der Waals surface area contributed by atoms with Crippen LogP contribution in [0.1, 0.15) is 23.5 Å². The second kappa shape index (κ2) is 9.63. The van der Waals surface area contributed by atoms with Crippen molar-refractivity contribution >= 4 is 23.2 Å². The molecule has 1 fully saturated rings. The number of hydrogen-bond acceptors (Lipinski definition) is 4. The second-order valence-electron chi connectivity index (χ2n) is 7.61. The van der Waals surface area contributed by atoms with Crippen LogP contribution in [0.25, 0.3) is 0 Å². The van der Waals surface area contributed by atoms with Crippen molar-refractivity contribution in [2.75, 3.05) is 50.1 Å². The molecule has 2 aromatic rings. The highest BCUT2D eigenvalue weighted by Crippen LogP contribution is 2.31. The zero-order valence-electron chi connectivity index (χ0n) is 17.4. The minimum Gasteiger partial charge on any atom is -0.378 e. The lowest BCUT2D eigenvalue weighted by molar-refractivity contribution is -0.116. The van der Waals surface area contributed by atoms with Crippen molar-refractivity contribution in [2.45, 2.75) is 18.9 Å². The molecule has 158 valence electrons. The van der Waals surface area contributed by atoms with E-state index < -0.39 is 0 Å². The fraction of sp³-hybridized carbons (Fsp3) is 0.391. The van der Waals surface area contributed by atoms with E-state index >= 15 is 0 Å². The number of carbonyl (C=O) groups is 1. The molecule has 0 radical (unpaired) electrons. The molecule has 2 aliphatic heterocycles. The van der Waals surface area contributed by atoms with Crippen LogP contribution in [0.5, 0.6) is 0 Å².